The summed E-state index contributed by atoms with van der Waals surface area (Å²) in [7, 11) is 0. The van der Waals surface area contributed by atoms with Crippen molar-refractivity contribution in [1.29, 1.82) is 0 Å². The van der Waals surface area contributed by atoms with Crippen molar-refractivity contribution in [2.24, 2.45) is 17.8 Å². The minimum absolute atomic E-state index is 0.359. The number of hydrogen-bond acceptors (Lipinski definition) is 1. The van der Waals surface area contributed by atoms with Gasteiger partial charge in [-0.1, -0.05) is 67.2 Å². The smallest absolute Gasteiger partial charge is 0.0693 e. The van der Waals surface area contributed by atoms with Crippen LogP contribution < -0.4 is 0 Å². The van der Waals surface area contributed by atoms with Crippen LogP contribution in [0.2, 0.25) is 0 Å². The Morgan fingerprint density at radius 1 is 0.812 bits per heavy atom. The molecule has 0 saturated heterocycles. The largest absolute Gasteiger partial charge is 0.389 e. The van der Waals surface area contributed by atoms with Gasteiger partial charge < -0.3 is 5.11 Å². The molecule has 0 heterocycles. The Labute approximate surface area is 103 Å². The molecule has 0 saturated carbocycles. The molecule has 1 nitrogen and oxygen atoms in total. The summed E-state index contributed by atoms with van der Waals surface area (Å²) in [6.45, 7) is 13.1. The van der Waals surface area contributed by atoms with E-state index in [1.807, 2.05) is 0 Å². The van der Waals surface area contributed by atoms with Crippen molar-refractivity contribution in [2.75, 3.05) is 0 Å². The van der Waals surface area contributed by atoms with E-state index in [0.717, 1.165) is 12.3 Å². The predicted molar refractivity (Wildman–Crippen MR) is 72.5 cm³/mol. The second-order valence-corrected chi connectivity index (χ2v) is 6.29. The van der Waals surface area contributed by atoms with Crippen molar-refractivity contribution < 1.29 is 5.11 Å². The fourth-order valence-electron chi connectivity index (χ4n) is 2.38. The second kappa shape index (κ2) is 7.32. The number of aliphatic hydroxyl groups is 1. The Morgan fingerprint density at radius 3 is 1.69 bits per heavy atom. The van der Waals surface area contributed by atoms with Crippen LogP contribution in [-0.4, -0.2) is 10.7 Å². The van der Waals surface area contributed by atoms with Crippen molar-refractivity contribution >= 4 is 0 Å². The Morgan fingerprint density at radius 2 is 1.31 bits per heavy atom. The van der Waals surface area contributed by atoms with Crippen LogP contribution in [-0.2, 0) is 0 Å². The Bertz CT molecular complexity index is 162. The van der Waals surface area contributed by atoms with E-state index in [2.05, 4.69) is 41.5 Å². The van der Waals surface area contributed by atoms with Gasteiger partial charge in [-0.3, -0.25) is 0 Å². The molecule has 0 unspecified atom stereocenters. The normalized spacial score (nSPS) is 13.1. The lowest BCUT2D eigenvalue weighted by atomic mass is 9.77. The van der Waals surface area contributed by atoms with E-state index in [0.29, 0.717) is 11.8 Å². The van der Waals surface area contributed by atoms with Crippen LogP contribution in [0.25, 0.3) is 0 Å². The molecule has 0 amide bonds. The third kappa shape index (κ3) is 5.34. The first kappa shape index (κ1) is 16.0. The molecule has 0 aromatic heterocycles. The van der Waals surface area contributed by atoms with E-state index in [9.17, 15) is 5.11 Å². The lowest BCUT2D eigenvalue weighted by Gasteiger charge is -2.36. The highest BCUT2D eigenvalue weighted by Crippen LogP contribution is 2.31. The fraction of sp³-hybridized carbons (Fsp3) is 1.00. The van der Waals surface area contributed by atoms with Gasteiger partial charge in [0.1, 0.15) is 0 Å². The average Bonchev–Trinajstić information content (AvgIpc) is 2.15. The quantitative estimate of drug-likeness (QED) is 0.600. The second-order valence-electron chi connectivity index (χ2n) is 6.29. The highest BCUT2D eigenvalue weighted by Gasteiger charge is 2.33. The maximum absolute atomic E-state index is 10.6. The summed E-state index contributed by atoms with van der Waals surface area (Å²) in [4.78, 5) is 0. The minimum atomic E-state index is -0.460. The van der Waals surface area contributed by atoms with E-state index in [-0.39, 0.29) is 0 Å². The van der Waals surface area contributed by atoms with E-state index in [1.54, 1.807) is 0 Å². The summed E-state index contributed by atoms with van der Waals surface area (Å²) < 4.78 is 0. The lowest BCUT2D eigenvalue weighted by molar-refractivity contribution is -0.0555. The number of unbranched alkanes of at least 4 members (excludes halogenated alkanes) is 2. The van der Waals surface area contributed by atoms with Gasteiger partial charge in [-0.05, 0) is 24.2 Å². The zero-order valence-corrected chi connectivity index (χ0v) is 12.2. The third-order valence-corrected chi connectivity index (χ3v) is 3.86. The molecule has 16 heavy (non-hydrogen) atoms. The van der Waals surface area contributed by atoms with Gasteiger partial charge in [0.15, 0.2) is 0 Å². The summed E-state index contributed by atoms with van der Waals surface area (Å²) in [6, 6.07) is 0. The predicted octanol–water partition coefficient (Wildman–Crippen LogP) is 4.64. The highest BCUT2D eigenvalue weighted by molar-refractivity contribution is 4.84. The molecule has 98 valence electrons. The number of rotatable bonds is 8. The monoisotopic (exact) mass is 228 g/mol. The van der Waals surface area contributed by atoms with Crippen LogP contribution in [0.3, 0.4) is 0 Å². The highest BCUT2D eigenvalue weighted by atomic mass is 16.3. The molecule has 1 N–H and O–H groups in total. The average molecular weight is 228 g/mol. The van der Waals surface area contributed by atoms with Crippen LogP contribution >= 0.6 is 0 Å². The van der Waals surface area contributed by atoms with Crippen molar-refractivity contribution in [3.63, 3.8) is 0 Å². The van der Waals surface area contributed by atoms with Gasteiger partial charge in [-0.2, -0.15) is 0 Å². The molecule has 0 spiro atoms. The van der Waals surface area contributed by atoms with Gasteiger partial charge in [0.25, 0.3) is 0 Å². The lowest BCUT2D eigenvalue weighted by Crippen LogP contribution is -2.40. The fourth-order valence-corrected chi connectivity index (χ4v) is 2.38. The third-order valence-electron chi connectivity index (χ3n) is 3.86. The van der Waals surface area contributed by atoms with Gasteiger partial charge in [-0.25, -0.2) is 0 Å². The first-order valence-electron chi connectivity index (χ1n) is 7.03. The van der Waals surface area contributed by atoms with Gasteiger partial charge in [0, 0.05) is 0 Å². The maximum Gasteiger partial charge on any atom is 0.0693 e. The van der Waals surface area contributed by atoms with Crippen LogP contribution in [0.15, 0.2) is 0 Å². The first-order chi connectivity index (χ1) is 7.30. The standard InChI is InChI=1S/C15H32O/c1-12(2)10-8-7-9-11-15(16,13(3)4)14(5)6/h12-14,16H,7-11H2,1-6H3. The molecule has 0 aliphatic rings. The van der Waals surface area contributed by atoms with E-state index in [1.165, 1.54) is 25.7 Å². The van der Waals surface area contributed by atoms with E-state index >= 15 is 0 Å². The Hall–Kier alpha value is -0.0400. The number of hydrogen-bond donors (Lipinski definition) is 1. The molecule has 0 aliphatic heterocycles. The minimum Gasteiger partial charge on any atom is -0.389 e. The molecule has 1 heteroatoms. The molecule has 0 aromatic carbocycles. The van der Waals surface area contributed by atoms with E-state index in [4.69, 9.17) is 0 Å². The van der Waals surface area contributed by atoms with Gasteiger partial charge in [-0.15, -0.1) is 0 Å². The SMILES string of the molecule is CC(C)CCCCCC(O)(C(C)C)C(C)C. The van der Waals surface area contributed by atoms with Gasteiger partial charge >= 0.3 is 0 Å². The molecular weight excluding hydrogens is 196 g/mol. The summed E-state index contributed by atoms with van der Waals surface area (Å²) in [5.74, 6) is 1.53. The topological polar surface area (TPSA) is 20.2 Å². The van der Waals surface area contributed by atoms with Crippen LogP contribution in [0, 0.1) is 17.8 Å². The van der Waals surface area contributed by atoms with Crippen LogP contribution in [0.4, 0.5) is 0 Å². The molecule has 0 rings (SSSR count). The van der Waals surface area contributed by atoms with Crippen molar-refractivity contribution in [3.8, 4) is 0 Å². The summed E-state index contributed by atoms with van der Waals surface area (Å²) in [6.07, 6.45) is 6.02. The summed E-state index contributed by atoms with van der Waals surface area (Å²) >= 11 is 0. The summed E-state index contributed by atoms with van der Waals surface area (Å²) in [5.41, 5.74) is -0.460. The maximum atomic E-state index is 10.6. The Balaban J connectivity index is 3.87. The molecule has 0 aliphatic carbocycles. The molecule has 0 radical (unpaired) electrons. The Kier molecular flexibility index (Phi) is 7.30. The van der Waals surface area contributed by atoms with Crippen LogP contribution in [0.1, 0.15) is 73.6 Å². The van der Waals surface area contributed by atoms with Crippen molar-refractivity contribution in [1.82, 2.24) is 0 Å². The summed E-state index contributed by atoms with van der Waals surface area (Å²) in [5, 5.41) is 10.6. The zero-order chi connectivity index (χ0) is 12.8. The zero-order valence-electron chi connectivity index (χ0n) is 12.2. The van der Waals surface area contributed by atoms with Crippen molar-refractivity contribution in [2.45, 2.75) is 79.2 Å². The molecule has 0 aromatic rings. The molecule has 0 fully saturated rings. The van der Waals surface area contributed by atoms with Crippen molar-refractivity contribution in [3.05, 3.63) is 0 Å². The first-order valence-corrected chi connectivity index (χ1v) is 7.03. The van der Waals surface area contributed by atoms with Gasteiger partial charge in [0.05, 0.1) is 5.60 Å². The molecule has 0 bridgehead atoms. The van der Waals surface area contributed by atoms with Gasteiger partial charge in [0.2, 0.25) is 0 Å². The molecule has 0 atom stereocenters. The van der Waals surface area contributed by atoms with Crippen LogP contribution in [0.5, 0.6) is 0 Å². The van der Waals surface area contributed by atoms with E-state index < -0.39 is 5.60 Å². The molecular formula is C15H32O.